The third kappa shape index (κ3) is 4.37. The largest absolute Gasteiger partial charge is 0.394 e. The van der Waals surface area contributed by atoms with Crippen LogP contribution in [0, 0.1) is 0 Å². The number of aliphatic hydroxyl groups excluding tert-OH is 3. The number of hydrogen-bond acceptors (Lipinski definition) is 8. The Bertz CT molecular complexity index is 355. The van der Waals surface area contributed by atoms with E-state index >= 15 is 0 Å². The van der Waals surface area contributed by atoms with Crippen LogP contribution in [0.1, 0.15) is 13.8 Å². The lowest BCUT2D eigenvalue weighted by Crippen LogP contribution is -2.70. The van der Waals surface area contributed by atoms with Crippen LogP contribution >= 0.6 is 0 Å². The Labute approximate surface area is 115 Å². The van der Waals surface area contributed by atoms with E-state index in [1.807, 2.05) is 0 Å². The predicted octanol–water partition coefficient (Wildman–Crippen LogP) is -3.92. The average molecular weight is 292 g/mol. The van der Waals surface area contributed by atoms with Gasteiger partial charge in [-0.15, -0.1) is 0 Å². The zero-order valence-corrected chi connectivity index (χ0v) is 11.2. The van der Waals surface area contributed by atoms with Gasteiger partial charge < -0.3 is 20.1 Å². The van der Waals surface area contributed by atoms with Gasteiger partial charge in [-0.05, 0) is 0 Å². The molecule has 0 aromatic carbocycles. The molecule has 7 N–H and O–H groups in total. The van der Waals surface area contributed by atoms with Crippen molar-refractivity contribution in [1.82, 2.24) is 21.7 Å². The van der Waals surface area contributed by atoms with Crippen molar-refractivity contribution in [3.8, 4) is 0 Å². The molecular weight excluding hydrogens is 272 g/mol. The van der Waals surface area contributed by atoms with Crippen molar-refractivity contribution in [3.05, 3.63) is 0 Å². The Morgan fingerprint density at radius 1 is 1.05 bits per heavy atom. The zero-order chi connectivity index (χ0) is 15.3. The van der Waals surface area contributed by atoms with Crippen molar-refractivity contribution in [3.63, 3.8) is 0 Å². The Morgan fingerprint density at radius 3 is 2.10 bits per heavy atom. The molecule has 0 bridgehead atoms. The van der Waals surface area contributed by atoms with E-state index < -0.39 is 49.0 Å². The topological polar surface area (TPSA) is 152 Å². The van der Waals surface area contributed by atoms with Crippen molar-refractivity contribution in [2.75, 3.05) is 6.61 Å². The van der Waals surface area contributed by atoms with Crippen LogP contribution in [0.3, 0.4) is 0 Å². The van der Waals surface area contributed by atoms with Gasteiger partial charge in [0.05, 0.1) is 12.6 Å². The Morgan fingerprint density at radius 2 is 1.60 bits per heavy atom. The molecule has 116 valence electrons. The van der Waals surface area contributed by atoms with Crippen LogP contribution in [0.4, 0.5) is 0 Å². The van der Waals surface area contributed by atoms with Gasteiger partial charge in [-0.1, -0.05) is 0 Å². The molecule has 10 nitrogen and oxygen atoms in total. The normalized spacial score (nSPS) is 33.5. The molecule has 1 aliphatic rings. The van der Waals surface area contributed by atoms with Gasteiger partial charge >= 0.3 is 0 Å². The second-order valence-electron chi connectivity index (χ2n) is 4.44. The van der Waals surface area contributed by atoms with E-state index in [0.717, 1.165) is 0 Å². The molecule has 20 heavy (non-hydrogen) atoms. The Hall–Kier alpha value is -1.30. The lowest BCUT2D eigenvalue weighted by molar-refractivity contribution is -0.206. The average Bonchev–Trinajstić information content (AvgIpc) is 2.38. The number of rotatable bonds is 5. The molecule has 0 spiro atoms. The van der Waals surface area contributed by atoms with Gasteiger partial charge in [0.1, 0.15) is 24.5 Å². The van der Waals surface area contributed by atoms with E-state index in [9.17, 15) is 19.8 Å². The van der Waals surface area contributed by atoms with Crippen molar-refractivity contribution in [2.45, 2.75) is 44.4 Å². The smallest absolute Gasteiger partial charge is 0.231 e. The summed E-state index contributed by atoms with van der Waals surface area (Å²) < 4.78 is 5.31. The summed E-state index contributed by atoms with van der Waals surface area (Å²) in [6.07, 6.45) is -4.67. The molecule has 1 rings (SSSR count). The summed E-state index contributed by atoms with van der Waals surface area (Å²) in [5, 5.41) is 28.8. The highest BCUT2D eigenvalue weighted by Gasteiger charge is 2.44. The maximum atomic E-state index is 10.9. The third-order valence-electron chi connectivity index (χ3n) is 2.73. The number of aliphatic hydroxyl groups is 3. The monoisotopic (exact) mass is 292 g/mol. The fourth-order valence-corrected chi connectivity index (χ4v) is 1.76. The second-order valence-corrected chi connectivity index (χ2v) is 4.44. The number of carbonyl (C=O) groups is 2. The van der Waals surface area contributed by atoms with E-state index in [1.165, 1.54) is 13.8 Å². The predicted molar refractivity (Wildman–Crippen MR) is 65.5 cm³/mol. The van der Waals surface area contributed by atoms with Crippen LogP contribution in [0.15, 0.2) is 0 Å². The third-order valence-corrected chi connectivity index (χ3v) is 2.73. The highest BCUT2D eigenvalue weighted by Crippen LogP contribution is 2.19. The first-order valence-electron chi connectivity index (χ1n) is 6.03. The summed E-state index contributed by atoms with van der Waals surface area (Å²) in [6, 6.07) is -0.941. The summed E-state index contributed by atoms with van der Waals surface area (Å²) in [7, 11) is 0. The number of hydrazine groups is 2. The first kappa shape index (κ1) is 16.8. The molecule has 1 saturated heterocycles. The van der Waals surface area contributed by atoms with Crippen molar-refractivity contribution < 1.29 is 29.6 Å². The molecule has 1 fully saturated rings. The molecule has 0 unspecified atom stereocenters. The first-order valence-corrected chi connectivity index (χ1v) is 6.03. The molecule has 0 saturated carbocycles. The minimum Gasteiger partial charge on any atom is -0.394 e. The number of carbonyl (C=O) groups excluding carboxylic acids is 2. The van der Waals surface area contributed by atoms with Crippen LogP contribution < -0.4 is 21.7 Å². The van der Waals surface area contributed by atoms with Crippen LogP contribution in [0.2, 0.25) is 0 Å². The van der Waals surface area contributed by atoms with Gasteiger partial charge in [0, 0.05) is 13.8 Å². The molecule has 2 amide bonds. The molecule has 5 atom stereocenters. The molecule has 10 heteroatoms. The molecule has 0 radical (unpaired) electrons. The van der Waals surface area contributed by atoms with Crippen LogP contribution in [-0.2, 0) is 14.3 Å². The van der Waals surface area contributed by atoms with Crippen molar-refractivity contribution in [2.24, 2.45) is 0 Å². The fraction of sp³-hybridized carbons (Fsp3) is 0.800. The summed E-state index contributed by atoms with van der Waals surface area (Å²) in [4.78, 5) is 21.8. The Balaban J connectivity index is 2.75. The van der Waals surface area contributed by atoms with Crippen molar-refractivity contribution >= 4 is 11.8 Å². The van der Waals surface area contributed by atoms with E-state index in [1.54, 1.807) is 0 Å². The standard InChI is InChI=1S/C10H20N4O6/c1-4(16)11-13-7-9(19)8(18)6(3-15)20-10(7)14-12-5(2)17/h6-10,13-15,18-19H,3H2,1-2H3,(H,11,16)(H,12,17)/t6-,7+,8-,9-,10-/m1/s1. The minimum absolute atomic E-state index is 0.395. The van der Waals surface area contributed by atoms with Crippen LogP contribution in [0.25, 0.3) is 0 Å². The summed E-state index contributed by atoms with van der Waals surface area (Å²) in [5.41, 5.74) is 9.52. The van der Waals surface area contributed by atoms with Gasteiger partial charge in [-0.3, -0.25) is 20.4 Å². The molecule has 0 aromatic heterocycles. The van der Waals surface area contributed by atoms with Crippen LogP contribution in [0.5, 0.6) is 0 Å². The Kier molecular flexibility index (Phi) is 6.26. The second kappa shape index (κ2) is 7.47. The van der Waals surface area contributed by atoms with E-state index in [-0.39, 0.29) is 0 Å². The van der Waals surface area contributed by atoms with Gasteiger partial charge in [0.2, 0.25) is 11.8 Å². The number of amides is 2. The lowest BCUT2D eigenvalue weighted by atomic mass is 9.97. The SMILES string of the molecule is CC(=O)NN[C@H]1[C@@H](O)[C@H](O)[C@@H](CO)O[C@H]1NNC(C)=O. The minimum atomic E-state index is -1.35. The number of nitrogens with one attached hydrogen (secondary N) is 4. The van der Waals surface area contributed by atoms with Gasteiger partial charge in [0.25, 0.3) is 0 Å². The molecule has 1 aliphatic heterocycles. The van der Waals surface area contributed by atoms with Gasteiger partial charge in [0.15, 0.2) is 0 Å². The van der Waals surface area contributed by atoms with E-state index in [4.69, 9.17) is 9.84 Å². The summed E-state index contributed by atoms with van der Waals surface area (Å²) in [6.45, 7) is 2.01. The summed E-state index contributed by atoms with van der Waals surface area (Å²) in [5.74, 6) is -0.803. The van der Waals surface area contributed by atoms with E-state index in [2.05, 4.69) is 21.7 Å². The molecular formula is C10H20N4O6. The van der Waals surface area contributed by atoms with Gasteiger partial charge in [-0.2, -0.15) is 0 Å². The van der Waals surface area contributed by atoms with Crippen LogP contribution in [-0.4, -0.2) is 64.3 Å². The fourth-order valence-electron chi connectivity index (χ4n) is 1.76. The number of hydrogen-bond donors (Lipinski definition) is 7. The highest BCUT2D eigenvalue weighted by atomic mass is 16.5. The maximum absolute atomic E-state index is 10.9. The zero-order valence-electron chi connectivity index (χ0n) is 11.2. The lowest BCUT2D eigenvalue weighted by Gasteiger charge is -2.42. The van der Waals surface area contributed by atoms with Crippen molar-refractivity contribution in [1.29, 1.82) is 0 Å². The highest BCUT2D eigenvalue weighted by molar-refractivity contribution is 5.72. The molecule has 0 aromatic rings. The number of ether oxygens (including phenoxy) is 1. The maximum Gasteiger partial charge on any atom is 0.231 e. The quantitative estimate of drug-likeness (QED) is 0.254. The first-order chi connectivity index (χ1) is 9.36. The summed E-state index contributed by atoms with van der Waals surface area (Å²) >= 11 is 0. The van der Waals surface area contributed by atoms with Gasteiger partial charge in [-0.25, -0.2) is 10.9 Å². The molecule has 0 aliphatic carbocycles. The van der Waals surface area contributed by atoms with E-state index in [0.29, 0.717) is 0 Å². The molecule has 1 heterocycles.